The normalized spacial score (nSPS) is 12.7. The minimum atomic E-state index is -0.251. The summed E-state index contributed by atoms with van der Waals surface area (Å²) in [4.78, 5) is 16.3. The van der Waals surface area contributed by atoms with E-state index in [1.165, 1.54) is 0 Å². The highest BCUT2D eigenvalue weighted by atomic mass is 16.3. The van der Waals surface area contributed by atoms with Crippen LogP contribution in [0.15, 0.2) is 18.2 Å². The topological polar surface area (TPSA) is 67.2 Å². The van der Waals surface area contributed by atoms with Crippen molar-refractivity contribution < 1.29 is 9.90 Å². The summed E-state index contributed by atoms with van der Waals surface area (Å²) in [5, 5.41) is 11.6. The Kier molecular flexibility index (Phi) is 3.34. The van der Waals surface area contributed by atoms with Crippen LogP contribution in [0.2, 0.25) is 0 Å². The number of aliphatic hydroxyl groups excluding tert-OH is 1. The van der Waals surface area contributed by atoms with Crippen LogP contribution in [0.1, 0.15) is 23.1 Å². The predicted octanol–water partition coefficient (Wildman–Crippen LogP) is 0.992. The summed E-state index contributed by atoms with van der Waals surface area (Å²) >= 11 is 0. The van der Waals surface area contributed by atoms with Crippen LogP contribution in [0.3, 0.4) is 0 Å². The number of rotatable bonds is 3. The molecule has 0 aliphatic rings. The summed E-state index contributed by atoms with van der Waals surface area (Å²) in [6.07, 6.45) is 0. The monoisotopic (exact) mass is 247 g/mol. The third-order valence-electron chi connectivity index (χ3n) is 3.02. The molecule has 0 saturated heterocycles. The van der Waals surface area contributed by atoms with Gasteiger partial charge in [-0.1, -0.05) is 0 Å². The highest BCUT2D eigenvalue weighted by molar-refractivity contribution is 5.97. The van der Waals surface area contributed by atoms with E-state index in [0.29, 0.717) is 5.56 Å². The van der Waals surface area contributed by atoms with Gasteiger partial charge in [0.15, 0.2) is 0 Å². The Hall–Kier alpha value is -1.88. The van der Waals surface area contributed by atoms with Crippen molar-refractivity contribution in [3.8, 4) is 0 Å². The number of fused-ring (bicyclic) bond motifs is 1. The Morgan fingerprint density at radius 3 is 2.94 bits per heavy atom. The summed E-state index contributed by atoms with van der Waals surface area (Å²) in [5.41, 5.74) is 2.36. The SMILES string of the molecule is Cc1nc2cc(C(=O)NC(C)CO)ccc2n1C. The van der Waals surface area contributed by atoms with Gasteiger partial charge in [0.05, 0.1) is 17.6 Å². The average Bonchev–Trinajstić information content (AvgIpc) is 2.64. The Balaban J connectivity index is 2.33. The number of nitrogens with zero attached hydrogens (tertiary/aromatic N) is 2. The average molecular weight is 247 g/mol. The minimum absolute atomic E-state index is 0.0727. The highest BCUT2D eigenvalue weighted by Crippen LogP contribution is 2.16. The predicted molar refractivity (Wildman–Crippen MR) is 69.5 cm³/mol. The zero-order valence-corrected chi connectivity index (χ0v) is 10.8. The van der Waals surface area contributed by atoms with Crippen molar-refractivity contribution in [1.29, 1.82) is 0 Å². The molecule has 2 rings (SSSR count). The van der Waals surface area contributed by atoms with Crippen LogP contribution in [-0.2, 0) is 7.05 Å². The van der Waals surface area contributed by atoms with Gasteiger partial charge in [0, 0.05) is 18.7 Å². The van der Waals surface area contributed by atoms with E-state index in [9.17, 15) is 4.79 Å². The molecule has 1 aromatic heterocycles. The maximum absolute atomic E-state index is 11.9. The molecule has 96 valence electrons. The molecule has 1 atom stereocenters. The highest BCUT2D eigenvalue weighted by Gasteiger charge is 2.11. The molecule has 0 bridgehead atoms. The molecule has 2 aromatic rings. The van der Waals surface area contributed by atoms with E-state index >= 15 is 0 Å². The number of hydrogen-bond donors (Lipinski definition) is 2. The molecule has 1 unspecified atom stereocenters. The van der Waals surface area contributed by atoms with Crippen LogP contribution >= 0.6 is 0 Å². The van der Waals surface area contributed by atoms with Crippen LogP contribution in [0.4, 0.5) is 0 Å². The minimum Gasteiger partial charge on any atom is -0.394 e. The second-order valence-electron chi connectivity index (χ2n) is 4.48. The van der Waals surface area contributed by atoms with Crippen LogP contribution in [-0.4, -0.2) is 33.2 Å². The first kappa shape index (κ1) is 12.6. The molecule has 1 aromatic carbocycles. The van der Waals surface area contributed by atoms with Crippen molar-refractivity contribution in [3.63, 3.8) is 0 Å². The van der Waals surface area contributed by atoms with Crippen molar-refractivity contribution in [1.82, 2.24) is 14.9 Å². The molecule has 5 heteroatoms. The molecule has 0 radical (unpaired) electrons. The molecular formula is C13H17N3O2. The number of hydrogen-bond acceptors (Lipinski definition) is 3. The number of carbonyl (C=O) groups is 1. The van der Waals surface area contributed by atoms with Gasteiger partial charge in [-0.25, -0.2) is 4.98 Å². The summed E-state index contributed by atoms with van der Waals surface area (Å²) < 4.78 is 1.98. The second-order valence-corrected chi connectivity index (χ2v) is 4.48. The molecule has 18 heavy (non-hydrogen) atoms. The fraction of sp³-hybridized carbons (Fsp3) is 0.385. The third kappa shape index (κ3) is 2.22. The number of aryl methyl sites for hydroxylation is 2. The van der Waals surface area contributed by atoms with Crippen molar-refractivity contribution in [2.45, 2.75) is 19.9 Å². The Labute approximate surface area is 105 Å². The van der Waals surface area contributed by atoms with Gasteiger partial charge >= 0.3 is 0 Å². The quantitative estimate of drug-likeness (QED) is 0.850. The van der Waals surface area contributed by atoms with E-state index in [1.807, 2.05) is 24.6 Å². The Bertz CT molecular complexity index is 589. The lowest BCUT2D eigenvalue weighted by Crippen LogP contribution is -2.34. The molecule has 0 saturated carbocycles. The molecule has 1 amide bonds. The first-order valence-corrected chi connectivity index (χ1v) is 5.87. The van der Waals surface area contributed by atoms with E-state index in [1.54, 1.807) is 19.1 Å². The van der Waals surface area contributed by atoms with E-state index in [0.717, 1.165) is 16.9 Å². The number of amides is 1. The molecule has 1 heterocycles. The number of nitrogens with one attached hydrogen (secondary N) is 1. The fourth-order valence-corrected chi connectivity index (χ4v) is 1.81. The van der Waals surface area contributed by atoms with Crippen LogP contribution in [0.5, 0.6) is 0 Å². The van der Waals surface area contributed by atoms with Gasteiger partial charge in [0.2, 0.25) is 0 Å². The first-order valence-electron chi connectivity index (χ1n) is 5.87. The number of benzene rings is 1. The molecule has 0 aliphatic carbocycles. The Morgan fingerprint density at radius 1 is 1.56 bits per heavy atom. The number of aliphatic hydroxyl groups is 1. The van der Waals surface area contributed by atoms with Gasteiger partial charge in [-0.2, -0.15) is 0 Å². The summed E-state index contributed by atoms with van der Waals surface area (Å²) in [5.74, 6) is 0.716. The summed E-state index contributed by atoms with van der Waals surface area (Å²) in [6, 6.07) is 5.16. The molecule has 2 N–H and O–H groups in total. The zero-order chi connectivity index (χ0) is 13.3. The van der Waals surface area contributed by atoms with E-state index in [2.05, 4.69) is 10.3 Å². The first-order chi connectivity index (χ1) is 8.52. The second kappa shape index (κ2) is 4.78. The van der Waals surface area contributed by atoms with E-state index in [4.69, 9.17) is 5.11 Å². The number of carbonyl (C=O) groups excluding carboxylic acids is 1. The smallest absolute Gasteiger partial charge is 0.251 e. The largest absolute Gasteiger partial charge is 0.394 e. The van der Waals surface area contributed by atoms with Crippen molar-refractivity contribution >= 4 is 16.9 Å². The zero-order valence-electron chi connectivity index (χ0n) is 10.8. The van der Waals surface area contributed by atoms with Crippen LogP contribution < -0.4 is 5.32 Å². The lowest BCUT2D eigenvalue weighted by molar-refractivity contribution is 0.0922. The van der Waals surface area contributed by atoms with Crippen LogP contribution in [0, 0.1) is 6.92 Å². The van der Waals surface area contributed by atoms with Gasteiger partial charge in [-0.15, -0.1) is 0 Å². The third-order valence-corrected chi connectivity index (χ3v) is 3.02. The van der Waals surface area contributed by atoms with Gasteiger partial charge in [0.1, 0.15) is 5.82 Å². The lowest BCUT2D eigenvalue weighted by atomic mass is 10.1. The molecule has 0 aliphatic heterocycles. The van der Waals surface area contributed by atoms with E-state index < -0.39 is 0 Å². The number of aromatic nitrogens is 2. The van der Waals surface area contributed by atoms with Gasteiger partial charge in [-0.3, -0.25) is 4.79 Å². The summed E-state index contributed by atoms with van der Waals surface area (Å²) in [7, 11) is 1.94. The maximum atomic E-state index is 11.9. The van der Waals surface area contributed by atoms with Gasteiger partial charge < -0.3 is 15.0 Å². The lowest BCUT2D eigenvalue weighted by Gasteiger charge is -2.10. The summed E-state index contributed by atoms with van der Waals surface area (Å²) in [6.45, 7) is 3.60. The fourth-order valence-electron chi connectivity index (χ4n) is 1.81. The molecule has 0 spiro atoms. The maximum Gasteiger partial charge on any atom is 0.251 e. The Morgan fingerprint density at radius 2 is 2.28 bits per heavy atom. The number of imidazole rings is 1. The van der Waals surface area contributed by atoms with Crippen LogP contribution in [0.25, 0.3) is 11.0 Å². The standard InChI is InChI=1S/C13H17N3O2/c1-8(7-17)14-13(18)10-4-5-12-11(6-10)15-9(2)16(12)3/h4-6,8,17H,7H2,1-3H3,(H,14,18). The molecule has 0 fully saturated rings. The molecular weight excluding hydrogens is 230 g/mol. The van der Waals surface area contributed by atoms with Crippen molar-refractivity contribution in [3.05, 3.63) is 29.6 Å². The van der Waals surface area contributed by atoms with Crippen molar-refractivity contribution in [2.24, 2.45) is 7.05 Å². The van der Waals surface area contributed by atoms with E-state index in [-0.39, 0.29) is 18.6 Å². The van der Waals surface area contributed by atoms with Crippen molar-refractivity contribution in [2.75, 3.05) is 6.61 Å². The van der Waals surface area contributed by atoms with Gasteiger partial charge in [0.25, 0.3) is 5.91 Å². The van der Waals surface area contributed by atoms with Gasteiger partial charge in [-0.05, 0) is 32.0 Å². The molecule has 5 nitrogen and oxygen atoms in total.